The highest BCUT2D eigenvalue weighted by atomic mass is 35.5. The summed E-state index contributed by atoms with van der Waals surface area (Å²) in [5, 5.41) is 6.76. The molecule has 1 aliphatic rings. The minimum absolute atomic E-state index is 0.124. The number of benzene rings is 1. The molecule has 0 saturated carbocycles. The molecule has 1 aromatic carbocycles. The molecule has 4 rings (SSSR count). The summed E-state index contributed by atoms with van der Waals surface area (Å²) in [6.45, 7) is 0.818. The molecule has 21 heavy (non-hydrogen) atoms. The molecule has 1 atom stereocenters. The SMILES string of the molecule is Clc1ccc(-c2cn3nc(C4CCCO4)sc3n2)c(Cl)c1. The van der Waals surface area contributed by atoms with E-state index in [-0.39, 0.29) is 6.10 Å². The Morgan fingerprint density at radius 2 is 2.24 bits per heavy atom. The fraction of sp³-hybridized carbons (Fsp3) is 0.286. The van der Waals surface area contributed by atoms with E-state index in [9.17, 15) is 0 Å². The molecule has 0 aliphatic carbocycles. The van der Waals surface area contributed by atoms with E-state index >= 15 is 0 Å². The van der Waals surface area contributed by atoms with Gasteiger partial charge in [0.25, 0.3) is 0 Å². The molecule has 0 bridgehead atoms. The van der Waals surface area contributed by atoms with Crippen molar-refractivity contribution in [2.75, 3.05) is 6.61 Å². The van der Waals surface area contributed by atoms with Gasteiger partial charge < -0.3 is 4.74 Å². The van der Waals surface area contributed by atoms with E-state index in [2.05, 4.69) is 10.1 Å². The molecule has 1 aliphatic heterocycles. The van der Waals surface area contributed by atoms with Gasteiger partial charge >= 0.3 is 0 Å². The van der Waals surface area contributed by atoms with Crippen molar-refractivity contribution >= 4 is 39.5 Å². The average Bonchev–Trinajstić information content (AvgIpc) is 3.13. The van der Waals surface area contributed by atoms with Gasteiger partial charge in [0.15, 0.2) is 0 Å². The lowest BCUT2D eigenvalue weighted by Gasteiger charge is -2.02. The van der Waals surface area contributed by atoms with Gasteiger partial charge in [0.1, 0.15) is 11.1 Å². The fourth-order valence-corrected chi connectivity index (χ4v) is 3.91. The zero-order chi connectivity index (χ0) is 14.4. The van der Waals surface area contributed by atoms with E-state index in [0.29, 0.717) is 10.0 Å². The monoisotopic (exact) mass is 339 g/mol. The van der Waals surface area contributed by atoms with E-state index in [1.807, 2.05) is 12.3 Å². The van der Waals surface area contributed by atoms with Crippen LogP contribution >= 0.6 is 34.5 Å². The van der Waals surface area contributed by atoms with E-state index in [0.717, 1.165) is 40.7 Å². The summed E-state index contributed by atoms with van der Waals surface area (Å²) < 4.78 is 7.45. The van der Waals surface area contributed by atoms with Crippen LogP contribution in [0, 0.1) is 0 Å². The maximum Gasteiger partial charge on any atom is 0.212 e. The van der Waals surface area contributed by atoms with Crippen LogP contribution in [0.15, 0.2) is 24.4 Å². The summed E-state index contributed by atoms with van der Waals surface area (Å²) >= 11 is 13.7. The Bertz CT molecular complexity index is 776. The molecule has 4 nitrogen and oxygen atoms in total. The van der Waals surface area contributed by atoms with Crippen LogP contribution in [0.5, 0.6) is 0 Å². The molecule has 2 aromatic heterocycles. The molecule has 1 fully saturated rings. The van der Waals surface area contributed by atoms with Crippen LogP contribution in [0.25, 0.3) is 16.2 Å². The van der Waals surface area contributed by atoms with Crippen LogP contribution in [-0.2, 0) is 4.74 Å². The molecule has 108 valence electrons. The molecule has 0 radical (unpaired) electrons. The molecule has 7 heteroatoms. The first-order valence-electron chi connectivity index (χ1n) is 6.64. The van der Waals surface area contributed by atoms with E-state index in [1.54, 1.807) is 28.0 Å². The standard InChI is InChI=1S/C14H11Cl2N3OS/c15-8-3-4-9(10(16)6-8)11-7-19-14(17-11)21-13(18-19)12-2-1-5-20-12/h3-4,6-7,12H,1-2,5H2. The van der Waals surface area contributed by atoms with Crippen molar-refractivity contribution in [3.8, 4) is 11.3 Å². The van der Waals surface area contributed by atoms with Crippen LogP contribution in [0.1, 0.15) is 24.0 Å². The second kappa shape index (κ2) is 5.25. The molecular weight excluding hydrogens is 329 g/mol. The minimum Gasteiger partial charge on any atom is -0.371 e. The first-order chi connectivity index (χ1) is 10.2. The van der Waals surface area contributed by atoms with Crippen LogP contribution < -0.4 is 0 Å². The van der Waals surface area contributed by atoms with Crippen molar-refractivity contribution < 1.29 is 4.74 Å². The smallest absolute Gasteiger partial charge is 0.212 e. The summed E-state index contributed by atoms with van der Waals surface area (Å²) in [6, 6.07) is 5.40. The molecule has 3 aromatic rings. The highest BCUT2D eigenvalue weighted by Gasteiger charge is 2.22. The summed E-state index contributed by atoms with van der Waals surface area (Å²) in [7, 11) is 0. The van der Waals surface area contributed by atoms with E-state index in [1.165, 1.54) is 0 Å². The number of aromatic nitrogens is 3. The number of hydrogen-bond acceptors (Lipinski definition) is 4. The molecule has 3 heterocycles. The molecule has 0 N–H and O–H groups in total. The summed E-state index contributed by atoms with van der Waals surface area (Å²) in [4.78, 5) is 5.45. The molecule has 0 spiro atoms. The van der Waals surface area contributed by atoms with Crippen molar-refractivity contribution in [2.24, 2.45) is 0 Å². The normalized spacial score (nSPS) is 18.7. The van der Waals surface area contributed by atoms with Gasteiger partial charge in [-0.15, -0.1) is 0 Å². The lowest BCUT2D eigenvalue weighted by Crippen LogP contribution is -1.95. The van der Waals surface area contributed by atoms with Gasteiger partial charge in [0, 0.05) is 17.2 Å². The number of imidazole rings is 1. The Kier molecular flexibility index (Phi) is 3.38. The average molecular weight is 340 g/mol. The highest BCUT2D eigenvalue weighted by Crippen LogP contribution is 2.34. The first-order valence-corrected chi connectivity index (χ1v) is 8.21. The number of halogens is 2. The fourth-order valence-electron chi connectivity index (χ4n) is 2.45. The Labute approximate surface area is 135 Å². The van der Waals surface area contributed by atoms with Gasteiger partial charge in [-0.3, -0.25) is 0 Å². The molecule has 0 amide bonds. The number of ether oxygens (including phenoxy) is 1. The minimum atomic E-state index is 0.124. The quantitative estimate of drug-likeness (QED) is 0.684. The Morgan fingerprint density at radius 1 is 1.33 bits per heavy atom. The molecule has 1 unspecified atom stereocenters. The number of fused-ring (bicyclic) bond motifs is 1. The third-order valence-corrected chi connectivity index (χ3v) is 5.03. The lowest BCUT2D eigenvalue weighted by atomic mass is 10.2. The number of hydrogen-bond donors (Lipinski definition) is 0. The Morgan fingerprint density at radius 3 is 2.95 bits per heavy atom. The summed E-state index contributed by atoms with van der Waals surface area (Å²) in [5.41, 5.74) is 1.66. The summed E-state index contributed by atoms with van der Waals surface area (Å²) in [6.07, 6.45) is 4.14. The van der Waals surface area contributed by atoms with Gasteiger partial charge in [0.05, 0.1) is 16.9 Å². The molecule has 1 saturated heterocycles. The zero-order valence-corrected chi connectivity index (χ0v) is 13.3. The highest BCUT2D eigenvalue weighted by molar-refractivity contribution is 7.16. The van der Waals surface area contributed by atoms with Crippen molar-refractivity contribution in [1.82, 2.24) is 14.6 Å². The summed E-state index contributed by atoms with van der Waals surface area (Å²) in [5.74, 6) is 0. The second-order valence-electron chi connectivity index (χ2n) is 4.92. The van der Waals surface area contributed by atoms with Crippen LogP contribution in [0.2, 0.25) is 10.0 Å². The third kappa shape index (κ3) is 2.44. The first kappa shape index (κ1) is 13.5. The van der Waals surface area contributed by atoms with E-state index in [4.69, 9.17) is 27.9 Å². The predicted octanol–water partition coefficient (Wildman–Crippen LogP) is 4.62. The molecular formula is C14H11Cl2N3OS. The van der Waals surface area contributed by atoms with Crippen LogP contribution in [0.3, 0.4) is 0 Å². The number of nitrogens with zero attached hydrogens (tertiary/aromatic N) is 3. The van der Waals surface area contributed by atoms with Gasteiger partial charge in [0.2, 0.25) is 4.96 Å². The van der Waals surface area contributed by atoms with Crippen LogP contribution in [0.4, 0.5) is 0 Å². The maximum atomic E-state index is 6.22. The van der Waals surface area contributed by atoms with Gasteiger partial charge in [-0.25, -0.2) is 9.50 Å². The van der Waals surface area contributed by atoms with Gasteiger partial charge in [-0.05, 0) is 31.0 Å². The number of rotatable bonds is 2. The van der Waals surface area contributed by atoms with Crippen molar-refractivity contribution in [1.29, 1.82) is 0 Å². The zero-order valence-electron chi connectivity index (χ0n) is 10.9. The largest absolute Gasteiger partial charge is 0.371 e. The van der Waals surface area contributed by atoms with Crippen molar-refractivity contribution in [3.05, 3.63) is 39.4 Å². The Balaban J connectivity index is 1.72. The predicted molar refractivity (Wildman–Crippen MR) is 84.2 cm³/mol. The van der Waals surface area contributed by atoms with Crippen LogP contribution in [-0.4, -0.2) is 21.2 Å². The lowest BCUT2D eigenvalue weighted by molar-refractivity contribution is 0.111. The van der Waals surface area contributed by atoms with E-state index < -0.39 is 0 Å². The van der Waals surface area contributed by atoms with Crippen molar-refractivity contribution in [3.63, 3.8) is 0 Å². The third-order valence-electron chi connectivity index (χ3n) is 3.47. The topological polar surface area (TPSA) is 39.4 Å². The Hall–Kier alpha value is -1.14. The van der Waals surface area contributed by atoms with Gasteiger partial charge in [-0.2, -0.15) is 5.10 Å². The van der Waals surface area contributed by atoms with Gasteiger partial charge in [-0.1, -0.05) is 34.5 Å². The second-order valence-corrected chi connectivity index (χ2v) is 6.75. The maximum absolute atomic E-state index is 6.22. The van der Waals surface area contributed by atoms with Crippen molar-refractivity contribution in [2.45, 2.75) is 18.9 Å².